The molecule has 1 atom stereocenters. The lowest BCUT2D eigenvalue weighted by atomic mass is 10.1. The zero-order chi connectivity index (χ0) is 18.0. The summed E-state index contributed by atoms with van der Waals surface area (Å²) >= 11 is 0. The van der Waals surface area contributed by atoms with Crippen molar-refractivity contribution >= 4 is 5.91 Å². The highest BCUT2D eigenvalue weighted by Crippen LogP contribution is 2.27. The minimum Gasteiger partial charge on any atom is -0.344 e. The van der Waals surface area contributed by atoms with E-state index in [9.17, 15) is 18.0 Å². The van der Waals surface area contributed by atoms with Gasteiger partial charge in [0.1, 0.15) is 5.69 Å². The number of aromatic nitrogens is 3. The van der Waals surface area contributed by atoms with Crippen molar-refractivity contribution in [2.75, 3.05) is 0 Å². The molecule has 1 unspecified atom stereocenters. The van der Waals surface area contributed by atoms with E-state index in [0.29, 0.717) is 6.07 Å². The van der Waals surface area contributed by atoms with Gasteiger partial charge in [-0.05, 0) is 36.8 Å². The number of benzene rings is 1. The van der Waals surface area contributed by atoms with Crippen LogP contribution in [0.1, 0.15) is 34.7 Å². The number of hydrogen-bond acceptors (Lipinski definition) is 2. The lowest BCUT2D eigenvalue weighted by molar-refractivity contribution is -0.141. The van der Waals surface area contributed by atoms with Gasteiger partial charge in [0.2, 0.25) is 0 Å². The molecule has 2 heterocycles. The van der Waals surface area contributed by atoms with E-state index in [2.05, 4.69) is 10.4 Å². The molecule has 0 bridgehead atoms. The molecule has 0 aliphatic carbocycles. The molecule has 1 amide bonds. The number of rotatable bonds is 4. The van der Waals surface area contributed by atoms with Crippen molar-refractivity contribution < 1.29 is 18.0 Å². The standard InChI is InChI=1S/C17H15F3N4O/c1-11(12-5-4-6-13(9-12)24-7-2-3-8-24)21-16(25)14-10-15(23-22-14)17(18,19)20/h2-11H,1H3,(H,21,25)(H,22,23). The van der Waals surface area contributed by atoms with E-state index in [4.69, 9.17) is 0 Å². The van der Waals surface area contributed by atoms with Crippen molar-refractivity contribution in [2.24, 2.45) is 0 Å². The van der Waals surface area contributed by atoms with Crippen molar-refractivity contribution in [1.82, 2.24) is 20.1 Å². The number of hydrogen-bond donors (Lipinski definition) is 2. The van der Waals surface area contributed by atoms with Crippen molar-refractivity contribution in [2.45, 2.75) is 19.1 Å². The van der Waals surface area contributed by atoms with Crippen molar-refractivity contribution in [3.63, 3.8) is 0 Å². The first-order valence-corrected chi connectivity index (χ1v) is 7.51. The number of halogens is 3. The number of carbonyl (C=O) groups excluding carboxylic acids is 1. The number of alkyl halides is 3. The summed E-state index contributed by atoms with van der Waals surface area (Å²) < 4.78 is 39.6. The van der Waals surface area contributed by atoms with Crippen LogP contribution < -0.4 is 5.32 Å². The quantitative estimate of drug-likeness (QED) is 0.755. The molecule has 3 rings (SSSR count). The molecule has 2 aromatic heterocycles. The Hall–Kier alpha value is -3.03. The fourth-order valence-electron chi connectivity index (χ4n) is 2.40. The van der Waals surface area contributed by atoms with E-state index in [1.807, 2.05) is 58.5 Å². The topological polar surface area (TPSA) is 62.7 Å². The fraction of sp³-hybridized carbons (Fsp3) is 0.176. The first kappa shape index (κ1) is 16.8. The van der Waals surface area contributed by atoms with Crippen LogP contribution in [0.5, 0.6) is 0 Å². The van der Waals surface area contributed by atoms with E-state index in [1.54, 1.807) is 6.92 Å². The van der Waals surface area contributed by atoms with Gasteiger partial charge >= 0.3 is 6.18 Å². The molecule has 5 nitrogen and oxygen atoms in total. The van der Waals surface area contributed by atoms with Crippen LogP contribution in [0, 0.1) is 0 Å². The minimum atomic E-state index is -4.57. The molecule has 0 radical (unpaired) electrons. The molecule has 8 heteroatoms. The van der Waals surface area contributed by atoms with Gasteiger partial charge in [0, 0.05) is 24.1 Å². The predicted octanol–water partition coefficient (Wildman–Crippen LogP) is 3.71. The molecular weight excluding hydrogens is 333 g/mol. The SMILES string of the molecule is CC(NC(=O)c1cc(C(F)(F)F)[nH]n1)c1cccc(-n2cccc2)c1. The Morgan fingerprint density at radius 1 is 1.20 bits per heavy atom. The summed E-state index contributed by atoms with van der Waals surface area (Å²) in [6.45, 7) is 1.75. The van der Waals surface area contributed by atoms with E-state index >= 15 is 0 Å². The molecular formula is C17H15F3N4O. The Kier molecular flexibility index (Phi) is 4.35. The van der Waals surface area contributed by atoms with Gasteiger partial charge in [-0.2, -0.15) is 18.3 Å². The molecule has 0 saturated carbocycles. The van der Waals surface area contributed by atoms with Gasteiger partial charge in [0.15, 0.2) is 5.69 Å². The predicted molar refractivity (Wildman–Crippen MR) is 85.2 cm³/mol. The summed E-state index contributed by atoms with van der Waals surface area (Å²) in [4.78, 5) is 12.1. The van der Waals surface area contributed by atoms with Crippen molar-refractivity contribution in [3.05, 3.63) is 71.8 Å². The monoisotopic (exact) mass is 348 g/mol. The molecule has 3 aromatic rings. The number of aromatic amines is 1. The molecule has 0 aliphatic heterocycles. The fourth-order valence-corrected chi connectivity index (χ4v) is 2.40. The zero-order valence-corrected chi connectivity index (χ0v) is 13.2. The maximum absolute atomic E-state index is 12.6. The highest BCUT2D eigenvalue weighted by Gasteiger charge is 2.33. The smallest absolute Gasteiger partial charge is 0.344 e. The molecule has 1 aromatic carbocycles. The largest absolute Gasteiger partial charge is 0.432 e. The summed E-state index contributed by atoms with van der Waals surface area (Å²) in [5, 5.41) is 7.91. The Morgan fingerprint density at radius 2 is 1.92 bits per heavy atom. The Labute approximate surface area is 141 Å². The normalized spacial score (nSPS) is 12.8. The molecule has 2 N–H and O–H groups in total. The van der Waals surface area contributed by atoms with Crippen LogP contribution >= 0.6 is 0 Å². The third-order valence-electron chi connectivity index (χ3n) is 3.74. The second kappa shape index (κ2) is 6.46. The average molecular weight is 348 g/mol. The van der Waals surface area contributed by atoms with Crippen LogP contribution in [-0.4, -0.2) is 20.7 Å². The highest BCUT2D eigenvalue weighted by atomic mass is 19.4. The third kappa shape index (κ3) is 3.73. The Bertz CT molecular complexity index is 868. The van der Waals surface area contributed by atoms with Crippen LogP contribution in [-0.2, 0) is 6.18 Å². The van der Waals surface area contributed by atoms with Gasteiger partial charge in [-0.3, -0.25) is 9.89 Å². The lowest BCUT2D eigenvalue weighted by Gasteiger charge is -2.15. The maximum Gasteiger partial charge on any atom is 0.432 e. The number of nitrogens with zero attached hydrogens (tertiary/aromatic N) is 2. The van der Waals surface area contributed by atoms with Crippen molar-refractivity contribution in [3.8, 4) is 5.69 Å². The number of H-pyrrole nitrogens is 1. The van der Waals surface area contributed by atoms with Crippen LogP contribution in [0.2, 0.25) is 0 Å². The molecule has 0 fully saturated rings. The first-order chi connectivity index (χ1) is 11.8. The van der Waals surface area contributed by atoms with Gasteiger partial charge in [-0.1, -0.05) is 12.1 Å². The molecule has 0 aliphatic rings. The summed E-state index contributed by atoms with van der Waals surface area (Å²) in [5.41, 5.74) is 0.384. The second-order valence-corrected chi connectivity index (χ2v) is 5.55. The van der Waals surface area contributed by atoms with Crippen LogP contribution in [0.25, 0.3) is 5.69 Å². The third-order valence-corrected chi connectivity index (χ3v) is 3.74. The van der Waals surface area contributed by atoms with Crippen LogP contribution in [0.3, 0.4) is 0 Å². The Morgan fingerprint density at radius 3 is 2.56 bits per heavy atom. The summed E-state index contributed by atoms with van der Waals surface area (Å²) in [5.74, 6) is -0.675. The van der Waals surface area contributed by atoms with E-state index in [-0.39, 0.29) is 5.69 Å². The number of amides is 1. The zero-order valence-electron chi connectivity index (χ0n) is 13.2. The molecule has 130 valence electrons. The molecule has 0 spiro atoms. The van der Waals surface area contributed by atoms with Gasteiger partial charge < -0.3 is 9.88 Å². The van der Waals surface area contributed by atoms with E-state index in [1.165, 1.54) is 0 Å². The minimum absolute atomic E-state index is 0.305. The summed E-state index contributed by atoms with van der Waals surface area (Å²) in [6, 6.07) is 11.6. The second-order valence-electron chi connectivity index (χ2n) is 5.55. The first-order valence-electron chi connectivity index (χ1n) is 7.51. The summed E-state index contributed by atoms with van der Waals surface area (Å²) in [6.07, 6.45) is -0.780. The molecule has 0 saturated heterocycles. The van der Waals surface area contributed by atoms with Crippen LogP contribution in [0.15, 0.2) is 54.9 Å². The van der Waals surface area contributed by atoms with Gasteiger partial charge in [-0.15, -0.1) is 0 Å². The number of carbonyl (C=O) groups is 1. The Balaban J connectivity index is 1.74. The average Bonchev–Trinajstić information content (AvgIpc) is 3.26. The van der Waals surface area contributed by atoms with Gasteiger partial charge in [0.05, 0.1) is 6.04 Å². The highest BCUT2D eigenvalue weighted by molar-refractivity contribution is 5.92. The van der Waals surface area contributed by atoms with E-state index < -0.39 is 23.8 Å². The van der Waals surface area contributed by atoms with Crippen LogP contribution in [0.4, 0.5) is 13.2 Å². The van der Waals surface area contributed by atoms with Crippen molar-refractivity contribution in [1.29, 1.82) is 0 Å². The van der Waals surface area contributed by atoms with E-state index in [0.717, 1.165) is 11.3 Å². The van der Waals surface area contributed by atoms with Gasteiger partial charge in [-0.25, -0.2) is 0 Å². The summed E-state index contributed by atoms with van der Waals surface area (Å²) in [7, 11) is 0. The van der Waals surface area contributed by atoms with Gasteiger partial charge in [0.25, 0.3) is 5.91 Å². The molecule has 25 heavy (non-hydrogen) atoms. The maximum atomic E-state index is 12.6. The number of nitrogens with one attached hydrogen (secondary N) is 2. The lowest BCUT2D eigenvalue weighted by Crippen LogP contribution is -2.27.